The Kier molecular flexibility index (Phi) is 9.53. The lowest BCUT2D eigenvalue weighted by Gasteiger charge is -2.16. The number of ether oxygens (including phenoxy) is 1. The summed E-state index contributed by atoms with van der Waals surface area (Å²) >= 11 is 2.46. The molecule has 10 nitrogen and oxygen atoms in total. The van der Waals surface area contributed by atoms with Gasteiger partial charge in [0.15, 0.2) is 5.13 Å². The Balaban J connectivity index is 1.55. The maximum absolute atomic E-state index is 12.9. The molecule has 3 aromatic rings. The summed E-state index contributed by atoms with van der Waals surface area (Å²) in [5.41, 5.74) is 8.77. The van der Waals surface area contributed by atoms with Gasteiger partial charge in [0.25, 0.3) is 11.8 Å². The van der Waals surface area contributed by atoms with E-state index in [1.807, 2.05) is 12.1 Å². The van der Waals surface area contributed by atoms with Crippen molar-refractivity contribution in [3.8, 4) is 0 Å². The van der Waals surface area contributed by atoms with Gasteiger partial charge in [0.05, 0.1) is 17.7 Å². The number of thiophene rings is 1. The minimum Gasteiger partial charge on any atom is -0.467 e. The molecule has 190 valence electrons. The van der Waals surface area contributed by atoms with E-state index in [1.54, 1.807) is 30.5 Å². The van der Waals surface area contributed by atoms with Gasteiger partial charge in [0.1, 0.15) is 10.9 Å². The standard InChI is InChI=1S/C24H28N6O4S2/c1-14-20(22(32)30-18(23(33)34-2)13-28-21(31)19-9-5-11-35-19)36-24(29-14)27-10-4-7-15-6-3-8-17(26)16(15)12-25/h3,5-6,8-9,11-12,18,25H,4,7,10,13,26H2,1-2H3,(H,27,29)(H,28,31)(H,30,32). The fourth-order valence-corrected chi connectivity index (χ4v) is 4.97. The molecule has 1 unspecified atom stereocenters. The monoisotopic (exact) mass is 528 g/mol. The molecule has 1 aromatic carbocycles. The van der Waals surface area contributed by atoms with E-state index in [0.717, 1.165) is 24.0 Å². The van der Waals surface area contributed by atoms with Gasteiger partial charge in [0, 0.05) is 30.6 Å². The number of nitrogens with two attached hydrogens (primary N) is 1. The Labute approximate surface area is 216 Å². The smallest absolute Gasteiger partial charge is 0.330 e. The zero-order chi connectivity index (χ0) is 26.1. The molecule has 3 rings (SSSR count). The Bertz CT molecular complexity index is 1230. The SMILES string of the molecule is COC(=O)C(CNC(=O)c1cccs1)NC(=O)c1sc(NCCCc2cccc(N)c2C=N)nc1C. The molecule has 0 radical (unpaired) electrons. The normalized spacial score (nSPS) is 11.4. The minimum absolute atomic E-state index is 0.111. The molecule has 12 heteroatoms. The summed E-state index contributed by atoms with van der Waals surface area (Å²) in [6.45, 7) is 2.21. The lowest BCUT2D eigenvalue weighted by atomic mass is 10.0. The van der Waals surface area contributed by atoms with Crippen molar-refractivity contribution in [1.82, 2.24) is 15.6 Å². The molecular formula is C24H28N6O4S2. The van der Waals surface area contributed by atoms with E-state index in [9.17, 15) is 14.4 Å². The van der Waals surface area contributed by atoms with Crippen molar-refractivity contribution < 1.29 is 19.1 Å². The predicted octanol–water partition coefficient (Wildman–Crippen LogP) is 2.84. The molecule has 0 aliphatic rings. The van der Waals surface area contributed by atoms with Crippen molar-refractivity contribution in [3.63, 3.8) is 0 Å². The molecule has 36 heavy (non-hydrogen) atoms. The quantitative estimate of drug-likeness (QED) is 0.105. The van der Waals surface area contributed by atoms with Gasteiger partial charge in [-0.3, -0.25) is 9.59 Å². The molecule has 0 aliphatic carbocycles. The second-order valence-electron chi connectivity index (χ2n) is 7.76. The van der Waals surface area contributed by atoms with Crippen LogP contribution in [0, 0.1) is 12.3 Å². The summed E-state index contributed by atoms with van der Waals surface area (Å²) < 4.78 is 4.78. The largest absolute Gasteiger partial charge is 0.467 e. The van der Waals surface area contributed by atoms with Crippen LogP contribution in [0.5, 0.6) is 0 Å². The highest BCUT2D eigenvalue weighted by atomic mass is 32.1. The lowest BCUT2D eigenvalue weighted by molar-refractivity contribution is -0.142. The first kappa shape index (κ1) is 26.8. The van der Waals surface area contributed by atoms with Crippen LogP contribution < -0.4 is 21.7 Å². The third-order valence-electron chi connectivity index (χ3n) is 5.28. The highest BCUT2D eigenvalue weighted by Crippen LogP contribution is 2.23. The highest BCUT2D eigenvalue weighted by Gasteiger charge is 2.25. The number of hydrogen-bond acceptors (Lipinski definition) is 10. The zero-order valence-corrected chi connectivity index (χ0v) is 21.6. The molecule has 2 amide bonds. The molecule has 2 aromatic heterocycles. The first-order valence-electron chi connectivity index (χ1n) is 11.1. The fourth-order valence-electron chi connectivity index (χ4n) is 3.43. The topological polar surface area (TPSA) is 159 Å². The van der Waals surface area contributed by atoms with Crippen molar-refractivity contribution in [2.24, 2.45) is 0 Å². The second-order valence-corrected chi connectivity index (χ2v) is 9.71. The molecular weight excluding hydrogens is 500 g/mol. The Hall–Kier alpha value is -3.77. The van der Waals surface area contributed by atoms with Crippen LogP contribution in [0.15, 0.2) is 35.7 Å². The van der Waals surface area contributed by atoms with Crippen LogP contribution in [0.3, 0.4) is 0 Å². The average Bonchev–Trinajstić information content (AvgIpc) is 3.54. The van der Waals surface area contributed by atoms with Crippen LogP contribution >= 0.6 is 22.7 Å². The van der Waals surface area contributed by atoms with Crippen LogP contribution in [0.25, 0.3) is 0 Å². The van der Waals surface area contributed by atoms with E-state index in [2.05, 4.69) is 20.9 Å². The number of anilines is 2. The summed E-state index contributed by atoms with van der Waals surface area (Å²) in [5.74, 6) is -1.48. The van der Waals surface area contributed by atoms with Gasteiger partial charge in [-0.15, -0.1) is 11.3 Å². The van der Waals surface area contributed by atoms with Gasteiger partial charge in [-0.1, -0.05) is 29.5 Å². The second kappa shape index (κ2) is 12.8. The average molecular weight is 529 g/mol. The maximum atomic E-state index is 12.9. The molecule has 1 atom stereocenters. The van der Waals surface area contributed by atoms with Gasteiger partial charge >= 0.3 is 5.97 Å². The summed E-state index contributed by atoms with van der Waals surface area (Å²) in [6.07, 6.45) is 2.78. The number of carbonyl (C=O) groups excluding carboxylic acids is 3. The number of methoxy groups -OCH3 is 1. The zero-order valence-electron chi connectivity index (χ0n) is 19.9. The molecule has 0 fully saturated rings. The number of nitrogens with one attached hydrogen (secondary N) is 4. The van der Waals surface area contributed by atoms with Crippen LogP contribution in [0.4, 0.5) is 10.8 Å². The Morgan fingerprint density at radius 3 is 2.72 bits per heavy atom. The number of amides is 2. The van der Waals surface area contributed by atoms with Gasteiger partial charge in [-0.05, 0) is 42.8 Å². The van der Waals surface area contributed by atoms with E-state index in [-0.39, 0.29) is 12.5 Å². The molecule has 0 saturated carbocycles. The summed E-state index contributed by atoms with van der Waals surface area (Å²) in [6, 6.07) is 7.97. The van der Waals surface area contributed by atoms with Crippen LogP contribution in [0.1, 0.15) is 42.6 Å². The first-order chi connectivity index (χ1) is 17.3. The van der Waals surface area contributed by atoms with Crippen LogP contribution in [-0.4, -0.2) is 55.2 Å². The third-order valence-corrected chi connectivity index (χ3v) is 7.26. The predicted molar refractivity (Wildman–Crippen MR) is 142 cm³/mol. The number of aromatic nitrogens is 1. The highest BCUT2D eigenvalue weighted by molar-refractivity contribution is 7.17. The number of thiazole rings is 1. The van der Waals surface area contributed by atoms with E-state index < -0.39 is 17.9 Å². The molecule has 0 aliphatic heterocycles. The molecule has 2 heterocycles. The summed E-state index contributed by atoms with van der Waals surface area (Å²) in [7, 11) is 1.22. The van der Waals surface area contributed by atoms with Gasteiger partial charge in [-0.2, -0.15) is 0 Å². The van der Waals surface area contributed by atoms with E-state index in [1.165, 1.54) is 36.0 Å². The Morgan fingerprint density at radius 1 is 1.22 bits per heavy atom. The van der Waals surface area contributed by atoms with E-state index in [4.69, 9.17) is 15.9 Å². The first-order valence-corrected chi connectivity index (χ1v) is 12.8. The number of esters is 1. The third kappa shape index (κ3) is 6.89. The van der Waals surface area contributed by atoms with Crippen molar-refractivity contribution in [2.45, 2.75) is 25.8 Å². The summed E-state index contributed by atoms with van der Waals surface area (Å²) in [5, 5.41) is 18.4. The number of hydrogen-bond donors (Lipinski definition) is 5. The van der Waals surface area contributed by atoms with Crippen LogP contribution in [0.2, 0.25) is 0 Å². The number of benzene rings is 1. The number of nitrogen functional groups attached to an aromatic ring is 1. The van der Waals surface area contributed by atoms with E-state index in [0.29, 0.717) is 32.8 Å². The van der Waals surface area contributed by atoms with Gasteiger partial charge in [-0.25, -0.2) is 9.78 Å². The van der Waals surface area contributed by atoms with Crippen molar-refractivity contribution >= 4 is 57.5 Å². The Morgan fingerprint density at radius 2 is 2.03 bits per heavy atom. The van der Waals surface area contributed by atoms with Crippen molar-refractivity contribution in [1.29, 1.82) is 5.41 Å². The number of rotatable bonds is 12. The number of carbonyl (C=O) groups is 3. The molecule has 6 N–H and O–H groups in total. The van der Waals surface area contributed by atoms with Gasteiger partial charge in [0.2, 0.25) is 0 Å². The lowest BCUT2D eigenvalue weighted by Crippen LogP contribution is -2.48. The maximum Gasteiger partial charge on any atom is 0.330 e. The van der Waals surface area contributed by atoms with Crippen LogP contribution in [-0.2, 0) is 16.0 Å². The van der Waals surface area contributed by atoms with Crippen molar-refractivity contribution in [3.05, 3.63) is 62.3 Å². The number of nitrogens with zero attached hydrogens (tertiary/aromatic N) is 1. The fraction of sp³-hybridized carbons (Fsp3) is 0.292. The van der Waals surface area contributed by atoms with Crippen molar-refractivity contribution in [2.75, 3.05) is 31.2 Å². The van der Waals surface area contributed by atoms with E-state index >= 15 is 0 Å². The minimum atomic E-state index is -1.05. The number of aryl methyl sites for hydroxylation is 2. The van der Waals surface area contributed by atoms with Gasteiger partial charge < -0.3 is 31.8 Å². The molecule has 0 bridgehead atoms. The summed E-state index contributed by atoms with van der Waals surface area (Å²) in [4.78, 5) is 42.6. The molecule has 0 saturated heterocycles. The molecule has 0 spiro atoms.